The number of nitrogens with two attached hydrogens (primary N) is 1. The number of hydrogen-bond acceptors (Lipinski definition) is 8. The fourth-order valence-corrected chi connectivity index (χ4v) is 2.32. The minimum atomic E-state index is -0.333. The van der Waals surface area contributed by atoms with Crippen LogP contribution in [0.4, 0.5) is 17.3 Å². The maximum absolute atomic E-state index is 12.2. The van der Waals surface area contributed by atoms with Gasteiger partial charge >= 0.3 is 0 Å². The number of nitrogens with one attached hydrogen (secondary N) is 2. The Morgan fingerprint density at radius 2 is 1.78 bits per heavy atom. The third kappa shape index (κ3) is 5.31. The van der Waals surface area contributed by atoms with Gasteiger partial charge in [0.15, 0.2) is 11.6 Å². The molecular weight excluding hydrogens is 344 g/mol. The molecule has 0 saturated heterocycles. The molecule has 2 rings (SSSR count). The molecule has 0 aliphatic heterocycles. The monoisotopic (exact) mass is 364 g/mol. The van der Waals surface area contributed by atoms with Crippen LogP contribution in [-0.2, 0) is 0 Å². The number of nitrogen functional groups attached to an aromatic ring is 1. The topological polar surface area (TPSA) is 144 Å². The molecule has 1 aromatic heterocycles. The van der Waals surface area contributed by atoms with Crippen LogP contribution in [0.15, 0.2) is 30.6 Å². The number of nitrogens with zero attached hydrogens (tertiary/aromatic N) is 5. The van der Waals surface area contributed by atoms with Gasteiger partial charge in [-0.1, -0.05) is 17.7 Å². The van der Waals surface area contributed by atoms with Crippen LogP contribution in [0.2, 0.25) is 0 Å². The summed E-state index contributed by atoms with van der Waals surface area (Å²) in [6.07, 6.45) is 1.83. The lowest BCUT2D eigenvalue weighted by molar-refractivity contribution is 0.0962. The van der Waals surface area contributed by atoms with E-state index in [1.165, 1.54) is 6.33 Å². The van der Waals surface area contributed by atoms with Crippen molar-refractivity contribution in [1.29, 1.82) is 10.5 Å². The molecule has 0 radical (unpaired) electrons. The Labute approximate surface area is 157 Å². The number of aromatic nitrogens is 2. The van der Waals surface area contributed by atoms with E-state index >= 15 is 0 Å². The number of amides is 1. The van der Waals surface area contributed by atoms with E-state index in [4.69, 9.17) is 16.3 Å². The molecule has 0 atom stereocenters. The normalized spacial score (nSPS) is 9.74. The summed E-state index contributed by atoms with van der Waals surface area (Å²) in [6, 6.07) is 11.2. The average Bonchev–Trinajstić information content (AvgIpc) is 2.68. The maximum atomic E-state index is 12.2. The Balaban J connectivity index is 2.12. The predicted molar refractivity (Wildman–Crippen MR) is 101 cm³/mol. The van der Waals surface area contributed by atoms with Gasteiger partial charge in [0.25, 0.3) is 5.91 Å². The van der Waals surface area contributed by atoms with E-state index < -0.39 is 0 Å². The van der Waals surface area contributed by atoms with Gasteiger partial charge in [0.2, 0.25) is 0 Å². The first-order valence-corrected chi connectivity index (χ1v) is 8.29. The van der Waals surface area contributed by atoms with Crippen molar-refractivity contribution in [3.8, 4) is 12.1 Å². The number of carbonyl (C=O) groups excluding carboxylic acids is 1. The Morgan fingerprint density at radius 1 is 1.15 bits per heavy atom. The van der Waals surface area contributed by atoms with E-state index in [-0.39, 0.29) is 30.3 Å². The van der Waals surface area contributed by atoms with Gasteiger partial charge in [-0.2, -0.15) is 10.5 Å². The number of benzene rings is 1. The summed E-state index contributed by atoms with van der Waals surface area (Å²) in [5.41, 5.74) is 13.1. The zero-order chi connectivity index (χ0) is 19.6. The minimum Gasteiger partial charge on any atom is -0.393 e. The van der Waals surface area contributed by atoms with Crippen LogP contribution < -0.4 is 21.5 Å². The molecule has 0 spiro atoms. The lowest BCUT2D eigenvalue weighted by Gasteiger charge is -2.23. The van der Waals surface area contributed by atoms with Gasteiger partial charge in [-0.15, -0.1) is 0 Å². The standard InChI is InChI=1S/C18H20N8O/c1-13-4-6-14(7-5-13)18(27)25-24-16-15(21)17(23-12-22-16)26(10-2-8-19)11-3-9-20/h4-7,12H,2-3,10-11,21H2,1H3,(H,25,27)(H,22,23,24). The Hall–Kier alpha value is -3.85. The second kappa shape index (κ2) is 9.59. The first kappa shape index (κ1) is 19.5. The van der Waals surface area contributed by atoms with Crippen molar-refractivity contribution in [3.05, 3.63) is 41.7 Å². The van der Waals surface area contributed by atoms with Crippen molar-refractivity contribution >= 4 is 23.2 Å². The summed E-state index contributed by atoms with van der Waals surface area (Å²) < 4.78 is 0. The van der Waals surface area contributed by atoms with Crippen molar-refractivity contribution in [1.82, 2.24) is 15.4 Å². The van der Waals surface area contributed by atoms with Crippen LogP contribution in [0.5, 0.6) is 0 Å². The fraction of sp³-hybridized carbons (Fsp3) is 0.278. The van der Waals surface area contributed by atoms with Gasteiger partial charge in [-0.25, -0.2) is 9.97 Å². The number of aryl methyl sites for hydroxylation is 1. The second-order valence-corrected chi connectivity index (χ2v) is 5.71. The van der Waals surface area contributed by atoms with E-state index in [1.807, 2.05) is 19.1 Å². The number of hydrazine groups is 1. The van der Waals surface area contributed by atoms with Crippen molar-refractivity contribution in [3.63, 3.8) is 0 Å². The number of carbonyl (C=O) groups is 1. The van der Waals surface area contributed by atoms with Crippen molar-refractivity contribution < 1.29 is 4.79 Å². The van der Waals surface area contributed by atoms with Crippen molar-refractivity contribution in [2.75, 3.05) is 29.1 Å². The van der Waals surface area contributed by atoms with Crippen LogP contribution in [0.3, 0.4) is 0 Å². The molecule has 2 aromatic rings. The molecule has 1 heterocycles. The predicted octanol–water partition coefficient (Wildman–Crippen LogP) is 1.76. The maximum Gasteiger partial charge on any atom is 0.269 e. The number of hydrogen-bond donors (Lipinski definition) is 3. The second-order valence-electron chi connectivity index (χ2n) is 5.71. The summed E-state index contributed by atoms with van der Waals surface area (Å²) in [5.74, 6) is 0.308. The summed E-state index contributed by atoms with van der Waals surface area (Å²) >= 11 is 0. The van der Waals surface area contributed by atoms with Crippen LogP contribution in [0.1, 0.15) is 28.8 Å². The van der Waals surface area contributed by atoms with Crippen LogP contribution in [0.25, 0.3) is 0 Å². The van der Waals surface area contributed by atoms with E-state index in [2.05, 4.69) is 33.0 Å². The lowest BCUT2D eigenvalue weighted by atomic mass is 10.1. The summed E-state index contributed by atoms with van der Waals surface area (Å²) in [4.78, 5) is 22.1. The highest BCUT2D eigenvalue weighted by Gasteiger charge is 2.15. The highest BCUT2D eigenvalue weighted by molar-refractivity contribution is 5.95. The first-order valence-electron chi connectivity index (χ1n) is 8.29. The molecule has 0 bridgehead atoms. The third-order valence-corrected chi connectivity index (χ3v) is 3.76. The van der Waals surface area contributed by atoms with Crippen LogP contribution in [0, 0.1) is 29.6 Å². The Kier molecular flexibility index (Phi) is 6.91. The largest absolute Gasteiger partial charge is 0.393 e. The molecular formula is C18H20N8O. The summed E-state index contributed by atoms with van der Waals surface area (Å²) in [5, 5.41) is 17.6. The Morgan fingerprint density at radius 3 is 2.37 bits per heavy atom. The van der Waals surface area contributed by atoms with Gasteiger partial charge in [-0.3, -0.25) is 15.6 Å². The van der Waals surface area contributed by atoms with Crippen LogP contribution >= 0.6 is 0 Å². The average molecular weight is 364 g/mol. The number of rotatable bonds is 8. The van der Waals surface area contributed by atoms with E-state index in [0.29, 0.717) is 24.5 Å². The van der Waals surface area contributed by atoms with Gasteiger partial charge in [0.1, 0.15) is 12.0 Å². The smallest absolute Gasteiger partial charge is 0.269 e. The fourth-order valence-electron chi connectivity index (χ4n) is 2.32. The van der Waals surface area contributed by atoms with Gasteiger partial charge in [0, 0.05) is 18.7 Å². The van der Waals surface area contributed by atoms with Gasteiger partial charge < -0.3 is 10.6 Å². The summed E-state index contributed by atoms with van der Waals surface area (Å²) in [6.45, 7) is 2.70. The molecule has 0 aliphatic rings. The van der Waals surface area contributed by atoms with Gasteiger partial charge in [-0.05, 0) is 19.1 Å². The van der Waals surface area contributed by atoms with Crippen molar-refractivity contribution in [2.24, 2.45) is 0 Å². The molecule has 4 N–H and O–H groups in total. The number of nitriles is 2. The zero-order valence-electron chi connectivity index (χ0n) is 14.9. The molecule has 9 heteroatoms. The number of anilines is 3. The van der Waals surface area contributed by atoms with Crippen LogP contribution in [-0.4, -0.2) is 29.0 Å². The molecule has 0 saturated carbocycles. The molecule has 9 nitrogen and oxygen atoms in total. The highest BCUT2D eigenvalue weighted by Crippen LogP contribution is 2.26. The van der Waals surface area contributed by atoms with Gasteiger partial charge in [0.05, 0.1) is 25.0 Å². The van der Waals surface area contributed by atoms with Crippen molar-refractivity contribution in [2.45, 2.75) is 19.8 Å². The lowest BCUT2D eigenvalue weighted by Crippen LogP contribution is -2.31. The quantitative estimate of drug-likeness (QED) is 0.601. The molecule has 1 amide bonds. The molecule has 0 unspecified atom stereocenters. The minimum absolute atomic E-state index is 0.220. The first-order chi connectivity index (χ1) is 13.1. The molecule has 138 valence electrons. The van der Waals surface area contributed by atoms with E-state index in [0.717, 1.165) is 5.56 Å². The summed E-state index contributed by atoms with van der Waals surface area (Å²) in [7, 11) is 0. The highest BCUT2D eigenvalue weighted by atomic mass is 16.2. The SMILES string of the molecule is Cc1ccc(C(=O)NNc2ncnc(N(CCC#N)CCC#N)c2N)cc1. The Bertz CT molecular complexity index is 848. The van der Waals surface area contributed by atoms with E-state index in [9.17, 15) is 4.79 Å². The molecule has 27 heavy (non-hydrogen) atoms. The molecule has 0 aliphatic carbocycles. The van der Waals surface area contributed by atoms with E-state index in [1.54, 1.807) is 17.0 Å². The molecule has 0 fully saturated rings. The molecule has 1 aromatic carbocycles. The third-order valence-electron chi connectivity index (χ3n) is 3.76. The zero-order valence-corrected chi connectivity index (χ0v) is 14.9.